The SMILES string of the molecule is NC(=O)NC1(c2ccccc2)CCN(C[C@@H]2C[C@@]2(C(=O)O)c2ccccc2)CC1. The van der Waals surface area contributed by atoms with Gasteiger partial charge in [0.1, 0.15) is 0 Å². The number of benzene rings is 2. The number of hydrogen-bond acceptors (Lipinski definition) is 3. The second kappa shape index (κ2) is 7.52. The topological polar surface area (TPSA) is 95.7 Å². The molecule has 1 saturated carbocycles. The fraction of sp³-hybridized carbons (Fsp3) is 0.391. The molecule has 6 nitrogen and oxygen atoms in total. The monoisotopic (exact) mass is 393 g/mol. The molecule has 2 amide bonds. The Kier molecular flexibility index (Phi) is 5.04. The summed E-state index contributed by atoms with van der Waals surface area (Å²) >= 11 is 0. The van der Waals surface area contributed by atoms with Gasteiger partial charge in [-0.15, -0.1) is 0 Å². The van der Waals surface area contributed by atoms with Gasteiger partial charge in [-0.25, -0.2) is 4.79 Å². The van der Waals surface area contributed by atoms with E-state index in [0.717, 1.165) is 43.6 Å². The van der Waals surface area contributed by atoms with Gasteiger partial charge in [0.2, 0.25) is 0 Å². The van der Waals surface area contributed by atoms with Crippen LogP contribution in [-0.2, 0) is 15.7 Å². The third kappa shape index (κ3) is 3.60. The minimum atomic E-state index is -0.763. The number of carboxylic acids is 1. The number of carbonyl (C=O) groups excluding carboxylic acids is 1. The molecule has 1 heterocycles. The smallest absolute Gasteiger partial charge is 0.314 e. The number of primary amides is 1. The van der Waals surface area contributed by atoms with Crippen molar-refractivity contribution in [3.8, 4) is 0 Å². The van der Waals surface area contributed by atoms with E-state index in [1.54, 1.807) is 0 Å². The van der Waals surface area contributed by atoms with Crippen molar-refractivity contribution in [2.75, 3.05) is 19.6 Å². The van der Waals surface area contributed by atoms with E-state index < -0.39 is 23.0 Å². The number of carbonyl (C=O) groups is 2. The number of nitrogens with two attached hydrogens (primary N) is 1. The largest absolute Gasteiger partial charge is 0.481 e. The highest BCUT2D eigenvalue weighted by Crippen LogP contribution is 2.55. The molecule has 2 aromatic carbocycles. The summed E-state index contributed by atoms with van der Waals surface area (Å²) in [5.74, 6) is -0.629. The van der Waals surface area contributed by atoms with E-state index in [-0.39, 0.29) is 5.92 Å². The fourth-order valence-electron chi connectivity index (χ4n) is 4.93. The summed E-state index contributed by atoms with van der Waals surface area (Å²) in [5.41, 5.74) is 6.21. The van der Waals surface area contributed by atoms with Crippen LogP contribution in [0.15, 0.2) is 60.7 Å². The van der Waals surface area contributed by atoms with Crippen LogP contribution in [0.1, 0.15) is 30.4 Å². The molecule has 0 aromatic heterocycles. The van der Waals surface area contributed by atoms with Crippen LogP contribution in [0.2, 0.25) is 0 Å². The molecule has 2 aliphatic rings. The number of aliphatic carboxylic acids is 1. The van der Waals surface area contributed by atoms with Crippen LogP contribution < -0.4 is 11.1 Å². The maximum Gasteiger partial charge on any atom is 0.314 e. The van der Waals surface area contributed by atoms with Gasteiger partial charge >= 0.3 is 12.0 Å². The third-order valence-electron chi connectivity index (χ3n) is 6.65. The number of rotatable bonds is 6. The lowest BCUT2D eigenvalue weighted by molar-refractivity contribution is -0.140. The Labute approximate surface area is 170 Å². The van der Waals surface area contributed by atoms with Gasteiger partial charge in [0.25, 0.3) is 0 Å². The molecular formula is C23H27N3O3. The van der Waals surface area contributed by atoms with Crippen molar-refractivity contribution in [3.05, 3.63) is 71.8 Å². The van der Waals surface area contributed by atoms with Crippen LogP contribution in [0.4, 0.5) is 4.79 Å². The van der Waals surface area contributed by atoms with Crippen LogP contribution in [-0.4, -0.2) is 41.6 Å². The zero-order chi connectivity index (χ0) is 20.5. The van der Waals surface area contributed by atoms with Gasteiger partial charge in [0.05, 0.1) is 11.0 Å². The van der Waals surface area contributed by atoms with E-state index in [1.807, 2.05) is 60.7 Å². The highest BCUT2D eigenvalue weighted by Gasteiger charge is 2.61. The first kappa shape index (κ1) is 19.5. The molecule has 6 heteroatoms. The fourth-order valence-corrected chi connectivity index (χ4v) is 4.93. The Morgan fingerprint density at radius 3 is 2.07 bits per heavy atom. The maximum atomic E-state index is 12.1. The highest BCUT2D eigenvalue weighted by molar-refractivity contribution is 5.86. The van der Waals surface area contributed by atoms with E-state index in [2.05, 4.69) is 10.2 Å². The second-order valence-corrected chi connectivity index (χ2v) is 8.28. The standard InChI is InChI=1S/C23H27N3O3/c24-21(29)25-22(17-7-3-1-4-8-17)11-13-26(14-12-22)16-19-15-23(19,20(27)28)18-9-5-2-6-10-18/h1-10,19H,11-16H2,(H,27,28)(H3,24,25,29)/t19-,23+/m0/s1. The van der Waals surface area contributed by atoms with Crippen molar-refractivity contribution in [2.45, 2.75) is 30.2 Å². The molecule has 1 aliphatic heterocycles. The number of hydrogen-bond donors (Lipinski definition) is 3. The molecule has 152 valence electrons. The normalized spacial score (nSPS) is 25.9. The number of amides is 2. The molecular weight excluding hydrogens is 366 g/mol. The molecule has 2 fully saturated rings. The molecule has 1 saturated heterocycles. The average Bonchev–Trinajstić information content (AvgIpc) is 3.46. The predicted molar refractivity (Wildman–Crippen MR) is 110 cm³/mol. The van der Waals surface area contributed by atoms with Crippen LogP contribution >= 0.6 is 0 Å². The lowest BCUT2D eigenvalue weighted by Gasteiger charge is -2.42. The molecule has 0 spiro atoms. The van der Waals surface area contributed by atoms with Crippen LogP contribution in [0.25, 0.3) is 0 Å². The molecule has 2 aromatic rings. The number of nitrogens with one attached hydrogen (secondary N) is 1. The maximum absolute atomic E-state index is 12.1. The first-order valence-corrected chi connectivity index (χ1v) is 10.1. The summed E-state index contributed by atoms with van der Waals surface area (Å²) in [6, 6.07) is 19.0. The van der Waals surface area contributed by atoms with Gasteiger partial charge < -0.3 is 21.1 Å². The summed E-state index contributed by atoms with van der Waals surface area (Å²) in [6.45, 7) is 2.33. The van der Waals surface area contributed by atoms with Crippen LogP contribution in [0.3, 0.4) is 0 Å². The summed E-state index contributed by atoms with van der Waals surface area (Å²) in [6.07, 6.45) is 2.17. The molecule has 0 bridgehead atoms. The van der Waals surface area contributed by atoms with E-state index in [4.69, 9.17) is 5.73 Å². The minimum absolute atomic E-state index is 0.107. The van der Waals surface area contributed by atoms with Gasteiger partial charge in [-0.1, -0.05) is 60.7 Å². The first-order chi connectivity index (χ1) is 14.0. The summed E-state index contributed by atoms with van der Waals surface area (Å²) in [4.78, 5) is 26.1. The van der Waals surface area contributed by atoms with Crippen molar-refractivity contribution < 1.29 is 14.7 Å². The molecule has 2 atom stereocenters. The van der Waals surface area contributed by atoms with Gasteiger partial charge in [0.15, 0.2) is 0 Å². The number of piperidine rings is 1. The van der Waals surface area contributed by atoms with Gasteiger partial charge in [-0.05, 0) is 36.3 Å². The second-order valence-electron chi connectivity index (χ2n) is 8.28. The van der Waals surface area contributed by atoms with Crippen molar-refractivity contribution in [1.82, 2.24) is 10.2 Å². The van der Waals surface area contributed by atoms with Gasteiger partial charge in [0, 0.05) is 19.6 Å². The first-order valence-electron chi connectivity index (χ1n) is 10.1. The molecule has 4 rings (SSSR count). The van der Waals surface area contributed by atoms with Crippen molar-refractivity contribution in [2.24, 2.45) is 11.7 Å². The van der Waals surface area contributed by atoms with Gasteiger partial charge in [-0.2, -0.15) is 0 Å². The number of urea groups is 1. The third-order valence-corrected chi connectivity index (χ3v) is 6.65. The summed E-state index contributed by atoms with van der Waals surface area (Å²) < 4.78 is 0. The number of nitrogens with zero attached hydrogens (tertiary/aromatic N) is 1. The predicted octanol–water partition coefficient (Wildman–Crippen LogP) is 2.69. The van der Waals surface area contributed by atoms with Crippen molar-refractivity contribution in [3.63, 3.8) is 0 Å². The Morgan fingerprint density at radius 1 is 1.00 bits per heavy atom. The molecule has 0 unspecified atom stereocenters. The molecule has 0 radical (unpaired) electrons. The highest BCUT2D eigenvalue weighted by atomic mass is 16.4. The van der Waals surface area contributed by atoms with Crippen molar-refractivity contribution in [1.29, 1.82) is 0 Å². The lowest BCUT2D eigenvalue weighted by Crippen LogP contribution is -2.54. The van der Waals surface area contributed by atoms with Crippen molar-refractivity contribution >= 4 is 12.0 Å². The molecule has 29 heavy (non-hydrogen) atoms. The van der Waals surface area contributed by atoms with E-state index in [0.29, 0.717) is 6.42 Å². The zero-order valence-electron chi connectivity index (χ0n) is 16.4. The van der Waals surface area contributed by atoms with Gasteiger partial charge in [-0.3, -0.25) is 4.79 Å². The summed E-state index contributed by atoms with van der Waals surface area (Å²) in [5, 5.41) is 12.9. The number of carboxylic acid groups (broad SMARTS) is 1. The Balaban J connectivity index is 1.45. The molecule has 4 N–H and O–H groups in total. The quantitative estimate of drug-likeness (QED) is 0.703. The van der Waals surface area contributed by atoms with Crippen LogP contribution in [0, 0.1) is 5.92 Å². The van der Waals surface area contributed by atoms with E-state index >= 15 is 0 Å². The molecule has 1 aliphatic carbocycles. The lowest BCUT2D eigenvalue weighted by atomic mass is 9.80. The number of likely N-dealkylation sites (tertiary alicyclic amines) is 1. The summed E-state index contributed by atoms with van der Waals surface area (Å²) in [7, 11) is 0. The Morgan fingerprint density at radius 2 is 1.55 bits per heavy atom. The Hall–Kier alpha value is -2.86. The zero-order valence-corrected chi connectivity index (χ0v) is 16.4. The van der Waals surface area contributed by atoms with Crippen LogP contribution in [0.5, 0.6) is 0 Å². The van der Waals surface area contributed by atoms with E-state index in [1.165, 1.54) is 0 Å². The minimum Gasteiger partial charge on any atom is -0.481 e. The Bertz CT molecular complexity index is 879. The van der Waals surface area contributed by atoms with E-state index in [9.17, 15) is 14.7 Å². The average molecular weight is 393 g/mol.